The second kappa shape index (κ2) is 8.65. The van der Waals surface area contributed by atoms with Crippen LogP contribution < -0.4 is 10.1 Å². The average Bonchev–Trinajstić information content (AvgIpc) is 2.49. The molecule has 1 amide bonds. The number of hydrogen-bond acceptors (Lipinski definition) is 4. The van der Waals surface area contributed by atoms with Crippen LogP contribution in [0.5, 0.6) is 0 Å². The molecule has 0 aliphatic carbocycles. The van der Waals surface area contributed by atoms with Crippen LogP contribution in [0, 0.1) is 5.92 Å². The van der Waals surface area contributed by atoms with Gasteiger partial charge in [-0.1, -0.05) is 32.0 Å². The molecule has 0 radical (unpaired) electrons. The zero-order chi connectivity index (χ0) is 16.6. The Morgan fingerprint density at radius 3 is 2.45 bits per heavy atom. The van der Waals surface area contributed by atoms with E-state index in [-0.39, 0.29) is 11.4 Å². The van der Waals surface area contributed by atoms with Crippen molar-refractivity contribution in [3.8, 4) is 0 Å². The predicted octanol–water partition coefficient (Wildman–Crippen LogP) is 1.89. The highest BCUT2D eigenvalue weighted by Gasteiger charge is 2.14. The lowest BCUT2D eigenvalue weighted by molar-refractivity contribution is -0.119. The molecule has 0 saturated heterocycles. The van der Waals surface area contributed by atoms with Crippen LogP contribution in [0.4, 0.5) is 0 Å². The lowest BCUT2D eigenvalue weighted by Gasteiger charge is -2.07. The number of benzene rings is 1. The van der Waals surface area contributed by atoms with Gasteiger partial charge < -0.3 is 0 Å². The van der Waals surface area contributed by atoms with Gasteiger partial charge in [-0.2, -0.15) is 5.10 Å². The van der Waals surface area contributed by atoms with Crippen molar-refractivity contribution in [2.45, 2.75) is 38.5 Å². The maximum Gasteiger partial charge on any atom is 0.255 e. The summed E-state index contributed by atoms with van der Waals surface area (Å²) in [5.41, 5.74) is 3.17. The van der Waals surface area contributed by atoms with Gasteiger partial charge >= 0.3 is 0 Å². The zero-order valence-electron chi connectivity index (χ0n) is 13.2. The van der Waals surface area contributed by atoms with E-state index in [0.717, 1.165) is 18.6 Å². The Labute approximate surface area is 132 Å². The monoisotopic (exact) mass is 325 g/mol. The lowest BCUT2D eigenvalue weighted by atomic mass is 10.1. The number of carbonyl (C=O) groups excluding carboxylic acids is 1. The molecule has 0 atom stereocenters. The number of nitrogens with zero attached hydrogens (tertiary/aromatic N) is 1. The van der Waals surface area contributed by atoms with Crippen molar-refractivity contribution in [2.24, 2.45) is 11.0 Å². The number of hydrogen-bond donors (Lipinski definition) is 2. The summed E-state index contributed by atoms with van der Waals surface area (Å²) in [6, 6.07) is 7.90. The molecule has 7 heteroatoms. The fraction of sp³-hybridized carbons (Fsp3) is 0.467. The van der Waals surface area contributed by atoms with Crippen molar-refractivity contribution in [1.29, 1.82) is 0 Å². The summed E-state index contributed by atoms with van der Waals surface area (Å²) in [6.45, 7) is 5.71. The number of sulfonamides is 1. The summed E-state index contributed by atoms with van der Waals surface area (Å²) in [5.74, 6) is 0.0712. The first-order valence-corrected chi connectivity index (χ1v) is 8.66. The fourth-order valence-corrected chi connectivity index (χ4v) is 2.60. The van der Waals surface area contributed by atoms with Crippen LogP contribution in [0.15, 0.2) is 40.3 Å². The smallest absolute Gasteiger partial charge is 0.255 e. The highest BCUT2D eigenvalue weighted by molar-refractivity contribution is 7.89. The van der Waals surface area contributed by atoms with Gasteiger partial charge in [-0.25, -0.2) is 18.6 Å². The Morgan fingerprint density at radius 2 is 1.86 bits per heavy atom. The molecule has 22 heavy (non-hydrogen) atoms. The highest BCUT2D eigenvalue weighted by Crippen LogP contribution is 2.06. The largest absolute Gasteiger partial charge is 0.272 e. The molecule has 1 rings (SSSR count). The summed E-state index contributed by atoms with van der Waals surface area (Å²) in [4.78, 5) is 11.7. The summed E-state index contributed by atoms with van der Waals surface area (Å²) < 4.78 is 26.1. The molecular formula is C15H23N3O3S. The molecule has 0 spiro atoms. The van der Waals surface area contributed by atoms with E-state index in [9.17, 15) is 13.2 Å². The maximum atomic E-state index is 11.9. The Kier molecular flexibility index (Phi) is 7.20. The third-order valence-electron chi connectivity index (χ3n) is 2.93. The summed E-state index contributed by atoms with van der Waals surface area (Å²) in [5, 5.41) is 3.95. The van der Waals surface area contributed by atoms with Gasteiger partial charge in [-0.05, 0) is 37.8 Å². The van der Waals surface area contributed by atoms with Crippen molar-refractivity contribution in [3.63, 3.8) is 0 Å². The molecule has 0 heterocycles. The molecule has 2 N–H and O–H groups in total. The zero-order valence-corrected chi connectivity index (χ0v) is 14.0. The van der Waals surface area contributed by atoms with Crippen LogP contribution in [-0.2, 0) is 14.8 Å². The van der Waals surface area contributed by atoms with Crippen molar-refractivity contribution in [2.75, 3.05) is 6.54 Å². The molecule has 1 aromatic carbocycles. The van der Waals surface area contributed by atoms with Crippen LogP contribution in [0.2, 0.25) is 0 Å². The van der Waals surface area contributed by atoms with E-state index >= 15 is 0 Å². The number of carbonyl (C=O) groups is 1. The summed E-state index contributed by atoms with van der Waals surface area (Å²) >= 11 is 0. The number of hydrazone groups is 1. The number of amides is 1. The Bertz CT molecular complexity index is 610. The van der Waals surface area contributed by atoms with E-state index < -0.39 is 15.9 Å². The second-order valence-corrected chi connectivity index (χ2v) is 7.22. The van der Waals surface area contributed by atoms with Crippen LogP contribution in [-0.4, -0.2) is 26.6 Å². The molecule has 0 saturated carbocycles. The van der Waals surface area contributed by atoms with Crippen molar-refractivity contribution < 1.29 is 13.2 Å². The minimum Gasteiger partial charge on any atom is -0.272 e. The molecule has 122 valence electrons. The van der Waals surface area contributed by atoms with Crippen molar-refractivity contribution in [3.05, 3.63) is 30.3 Å². The molecule has 0 aliphatic rings. The van der Waals surface area contributed by atoms with Crippen molar-refractivity contribution in [1.82, 2.24) is 10.1 Å². The Morgan fingerprint density at radius 1 is 1.23 bits per heavy atom. The van der Waals surface area contributed by atoms with Crippen LogP contribution in [0.1, 0.15) is 33.6 Å². The molecule has 0 unspecified atom stereocenters. The maximum absolute atomic E-state index is 11.9. The van der Waals surface area contributed by atoms with E-state index in [1.807, 2.05) is 6.92 Å². The number of nitrogens with one attached hydrogen (secondary N) is 2. The van der Waals surface area contributed by atoms with Gasteiger partial charge in [0, 0.05) is 5.71 Å². The van der Waals surface area contributed by atoms with Gasteiger partial charge in [-0.3, -0.25) is 4.79 Å². The molecule has 6 nitrogen and oxygen atoms in total. The van der Waals surface area contributed by atoms with Gasteiger partial charge in [0.15, 0.2) is 0 Å². The van der Waals surface area contributed by atoms with Crippen LogP contribution in [0.3, 0.4) is 0 Å². The quantitative estimate of drug-likeness (QED) is 0.565. The molecule has 1 aromatic rings. The summed E-state index contributed by atoms with van der Waals surface area (Å²) in [6.07, 6.45) is 1.79. The van der Waals surface area contributed by atoms with Crippen molar-refractivity contribution >= 4 is 21.6 Å². The van der Waals surface area contributed by atoms with E-state index in [4.69, 9.17) is 0 Å². The number of rotatable bonds is 8. The Balaban J connectivity index is 2.45. The molecule has 0 aliphatic heterocycles. The second-order valence-electron chi connectivity index (χ2n) is 5.45. The Hall–Kier alpha value is -1.73. The normalized spacial score (nSPS) is 12.5. The SMILES string of the molecule is C/C(CCC(C)C)=N/NC(=O)CNS(=O)(=O)c1ccccc1. The van der Waals surface area contributed by atoms with Gasteiger partial charge in [0.2, 0.25) is 10.0 Å². The first kappa shape index (κ1) is 18.3. The topological polar surface area (TPSA) is 87.6 Å². The summed E-state index contributed by atoms with van der Waals surface area (Å²) in [7, 11) is -3.67. The first-order valence-electron chi connectivity index (χ1n) is 7.18. The highest BCUT2D eigenvalue weighted by atomic mass is 32.2. The average molecular weight is 325 g/mol. The fourth-order valence-electron chi connectivity index (χ4n) is 1.59. The van der Waals surface area contributed by atoms with Crippen LogP contribution in [0.25, 0.3) is 0 Å². The first-order chi connectivity index (χ1) is 10.3. The van der Waals surface area contributed by atoms with E-state index in [0.29, 0.717) is 5.92 Å². The van der Waals surface area contributed by atoms with Gasteiger partial charge in [-0.15, -0.1) is 0 Å². The van der Waals surface area contributed by atoms with Gasteiger partial charge in [0.1, 0.15) is 0 Å². The van der Waals surface area contributed by atoms with E-state index in [1.54, 1.807) is 18.2 Å². The predicted molar refractivity (Wildman–Crippen MR) is 87.0 cm³/mol. The third-order valence-corrected chi connectivity index (χ3v) is 4.35. The minimum atomic E-state index is -3.67. The molecule has 0 aromatic heterocycles. The molecule has 0 bridgehead atoms. The minimum absolute atomic E-state index is 0.124. The van der Waals surface area contributed by atoms with Crippen LogP contribution >= 0.6 is 0 Å². The van der Waals surface area contributed by atoms with E-state index in [1.165, 1.54) is 12.1 Å². The lowest BCUT2D eigenvalue weighted by Crippen LogP contribution is -2.35. The van der Waals surface area contributed by atoms with Gasteiger partial charge in [0.25, 0.3) is 5.91 Å². The third kappa shape index (κ3) is 6.82. The molecular weight excluding hydrogens is 302 g/mol. The standard InChI is InChI=1S/C15H23N3O3S/c1-12(2)9-10-13(3)17-18-15(19)11-16-22(20,21)14-7-5-4-6-8-14/h4-8,12,16H,9-11H2,1-3H3,(H,18,19)/b17-13-. The van der Waals surface area contributed by atoms with Gasteiger partial charge in [0.05, 0.1) is 11.4 Å². The van der Waals surface area contributed by atoms with E-state index in [2.05, 4.69) is 29.1 Å². The molecule has 0 fully saturated rings.